The predicted octanol–water partition coefficient (Wildman–Crippen LogP) is 3.87. The van der Waals surface area contributed by atoms with Crippen LogP contribution in [0.4, 0.5) is 10.5 Å². The van der Waals surface area contributed by atoms with Crippen LogP contribution in [-0.2, 0) is 20.9 Å². The summed E-state index contributed by atoms with van der Waals surface area (Å²) in [7, 11) is 0. The van der Waals surface area contributed by atoms with Gasteiger partial charge in [0.25, 0.3) is 0 Å². The van der Waals surface area contributed by atoms with Gasteiger partial charge in [0.2, 0.25) is 0 Å². The molecule has 7 heteroatoms. The van der Waals surface area contributed by atoms with Gasteiger partial charge in [0.1, 0.15) is 12.6 Å². The lowest BCUT2D eigenvalue weighted by Gasteiger charge is -2.20. The van der Waals surface area contributed by atoms with E-state index >= 15 is 0 Å². The summed E-state index contributed by atoms with van der Waals surface area (Å²) >= 11 is 0. The molecule has 0 aliphatic rings. The van der Waals surface area contributed by atoms with Crippen LogP contribution in [-0.4, -0.2) is 30.0 Å². The lowest BCUT2D eigenvalue weighted by Crippen LogP contribution is -2.43. The highest BCUT2D eigenvalue weighted by molar-refractivity contribution is 5.96. The van der Waals surface area contributed by atoms with Crippen LogP contribution in [0.5, 0.6) is 0 Å². The fraction of sp³-hybridized carbons (Fsp3) is 0.348. The molecule has 2 atom stereocenters. The summed E-state index contributed by atoms with van der Waals surface area (Å²) in [6, 6.07) is 14.8. The molecule has 160 valence electrons. The quantitative estimate of drug-likeness (QED) is 0.348. The van der Waals surface area contributed by atoms with E-state index in [-0.39, 0.29) is 31.3 Å². The van der Waals surface area contributed by atoms with Gasteiger partial charge in [-0.05, 0) is 49.6 Å². The molecule has 0 fully saturated rings. The normalized spacial score (nSPS) is 12.5. The first-order valence-electron chi connectivity index (χ1n) is 9.95. The highest BCUT2D eigenvalue weighted by Crippen LogP contribution is 2.12. The van der Waals surface area contributed by atoms with Crippen LogP contribution in [0.25, 0.3) is 0 Å². The van der Waals surface area contributed by atoms with Gasteiger partial charge in [0.15, 0.2) is 5.78 Å². The smallest absolute Gasteiger partial charge is 0.408 e. The molecule has 0 saturated carbocycles. The van der Waals surface area contributed by atoms with Crippen molar-refractivity contribution in [2.24, 2.45) is 0 Å². The van der Waals surface area contributed by atoms with E-state index < -0.39 is 18.1 Å². The summed E-state index contributed by atoms with van der Waals surface area (Å²) in [4.78, 5) is 37.1. The van der Waals surface area contributed by atoms with Gasteiger partial charge in [-0.1, -0.05) is 37.3 Å². The molecule has 0 saturated heterocycles. The first kappa shape index (κ1) is 22.9. The monoisotopic (exact) mass is 412 g/mol. The van der Waals surface area contributed by atoms with Crippen molar-refractivity contribution in [1.29, 1.82) is 0 Å². The van der Waals surface area contributed by atoms with Crippen LogP contribution < -0.4 is 11.1 Å². The number of Topliss-reactive ketones (excluding diaryl/α,β-unsaturated/α-hetero) is 1. The Labute approximate surface area is 176 Å². The summed E-state index contributed by atoms with van der Waals surface area (Å²) in [6.45, 7) is 3.73. The number of benzene rings is 2. The lowest BCUT2D eigenvalue weighted by molar-refractivity contribution is -0.151. The SMILES string of the molecule is CCC(C)OC(=O)C(CCC(=O)c1ccc(N)cc1)NC(=O)OCc1ccccc1. The number of carbonyl (C=O) groups excluding carboxylic acids is 3. The maximum Gasteiger partial charge on any atom is 0.408 e. The zero-order valence-corrected chi connectivity index (χ0v) is 17.3. The lowest BCUT2D eigenvalue weighted by atomic mass is 10.0. The molecule has 7 nitrogen and oxygen atoms in total. The van der Waals surface area contributed by atoms with E-state index in [1.807, 2.05) is 37.3 Å². The van der Waals surface area contributed by atoms with Crippen molar-refractivity contribution >= 4 is 23.5 Å². The minimum Gasteiger partial charge on any atom is -0.461 e. The molecular formula is C23H28N2O5. The number of esters is 1. The minimum atomic E-state index is -0.986. The molecule has 0 radical (unpaired) electrons. The van der Waals surface area contributed by atoms with Gasteiger partial charge in [-0.15, -0.1) is 0 Å². The van der Waals surface area contributed by atoms with Gasteiger partial charge in [-0.2, -0.15) is 0 Å². The Kier molecular flexibility index (Phi) is 8.87. The third-order valence-electron chi connectivity index (χ3n) is 4.57. The molecular weight excluding hydrogens is 384 g/mol. The fourth-order valence-electron chi connectivity index (χ4n) is 2.61. The largest absolute Gasteiger partial charge is 0.461 e. The average Bonchev–Trinajstić information content (AvgIpc) is 2.75. The average molecular weight is 412 g/mol. The summed E-state index contributed by atoms with van der Waals surface area (Å²) in [5, 5.41) is 2.52. The second-order valence-corrected chi connectivity index (χ2v) is 7.00. The molecule has 2 unspecified atom stereocenters. The predicted molar refractivity (Wildman–Crippen MR) is 114 cm³/mol. The number of amides is 1. The summed E-state index contributed by atoms with van der Waals surface area (Å²) in [5.41, 5.74) is 7.51. The Morgan fingerprint density at radius 3 is 2.33 bits per heavy atom. The molecule has 2 rings (SSSR count). The molecule has 3 N–H and O–H groups in total. The molecule has 0 spiro atoms. The molecule has 1 amide bonds. The number of hydrogen-bond donors (Lipinski definition) is 2. The minimum absolute atomic E-state index is 0.0587. The van der Waals surface area contributed by atoms with Crippen LogP contribution >= 0.6 is 0 Å². The molecule has 0 bridgehead atoms. The summed E-state index contributed by atoms with van der Waals surface area (Å²) in [5.74, 6) is -0.748. The number of nitrogens with one attached hydrogen (secondary N) is 1. The maximum absolute atomic E-state index is 12.5. The fourth-order valence-corrected chi connectivity index (χ4v) is 2.61. The standard InChI is InChI=1S/C23H28N2O5/c1-3-16(2)30-22(27)20(13-14-21(26)18-9-11-19(24)12-10-18)25-23(28)29-15-17-7-5-4-6-8-17/h4-12,16,20H,3,13-15,24H2,1-2H3,(H,25,28). The van der Waals surface area contributed by atoms with E-state index in [1.54, 1.807) is 31.2 Å². The van der Waals surface area contributed by atoms with Gasteiger partial charge in [0, 0.05) is 17.7 Å². The molecule has 30 heavy (non-hydrogen) atoms. The Balaban J connectivity index is 1.96. The number of alkyl carbamates (subject to hydrolysis) is 1. The maximum atomic E-state index is 12.5. The van der Waals surface area contributed by atoms with E-state index in [2.05, 4.69) is 5.32 Å². The third kappa shape index (κ3) is 7.58. The number of ether oxygens (including phenoxy) is 2. The number of ketones is 1. The number of carbonyl (C=O) groups is 3. The van der Waals surface area contributed by atoms with Crippen molar-refractivity contribution in [2.45, 2.75) is 51.9 Å². The number of hydrogen-bond acceptors (Lipinski definition) is 6. The van der Waals surface area contributed by atoms with E-state index in [0.717, 1.165) is 5.56 Å². The highest BCUT2D eigenvalue weighted by Gasteiger charge is 2.25. The van der Waals surface area contributed by atoms with Crippen LogP contribution in [0.15, 0.2) is 54.6 Å². The zero-order chi connectivity index (χ0) is 21.9. The number of nitrogen functional groups attached to an aromatic ring is 1. The van der Waals surface area contributed by atoms with E-state index in [4.69, 9.17) is 15.2 Å². The van der Waals surface area contributed by atoms with Crippen molar-refractivity contribution in [3.05, 3.63) is 65.7 Å². The highest BCUT2D eigenvalue weighted by atomic mass is 16.6. The number of anilines is 1. The molecule has 2 aromatic rings. The molecule has 0 aliphatic carbocycles. The second-order valence-electron chi connectivity index (χ2n) is 7.00. The van der Waals surface area contributed by atoms with Gasteiger partial charge in [-0.3, -0.25) is 4.79 Å². The van der Waals surface area contributed by atoms with Crippen molar-refractivity contribution < 1.29 is 23.9 Å². The van der Waals surface area contributed by atoms with E-state index in [0.29, 0.717) is 17.7 Å². The van der Waals surface area contributed by atoms with Crippen LogP contribution in [0, 0.1) is 0 Å². The van der Waals surface area contributed by atoms with E-state index in [9.17, 15) is 14.4 Å². The topological polar surface area (TPSA) is 108 Å². The van der Waals surface area contributed by atoms with Crippen LogP contribution in [0.3, 0.4) is 0 Å². The first-order valence-corrected chi connectivity index (χ1v) is 9.95. The van der Waals surface area contributed by atoms with Crippen LogP contribution in [0.2, 0.25) is 0 Å². The van der Waals surface area contributed by atoms with Crippen molar-refractivity contribution in [3.63, 3.8) is 0 Å². The Morgan fingerprint density at radius 2 is 1.70 bits per heavy atom. The van der Waals surface area contributed by atoms with Gasteiger partial charge >= 0.3 is 12.1 Å². The van der Waals surface area contributed by atoms with Crippen molar-refractivity contribution in [1.82, 2.24) is 5.32 Å². The Bertz CT molecular complexity index is 836. The number of nitrogens with two attached hydrogens (primary N) is 1. The number of rotatable bonds is 10. The molecule has 0 aromatic heterocycles. The van der Waals surface area contributed by atoms with Crippen molar-refractivity contribution in [3.8, 4) is 0 Å². The summed E-state index contributed by atoms with van der Waals surface area (Å²) < 4.78 is 10.5. The van der Waals surface area contributed by atoms with Gasteiger partial charge in [0.05, 0.1) is 6.10 Å². The zero-order valence-electron chi connectivity index (χ0n) is 17.3. The first-order chi connectivity index (χ1) is 14.4. The van der Waals surface area contributed by atoms with Crippen LogP contribution in [0.1, 0.15) is 49.0 Å². The molecule has 0 heterocycles. The van der Waals surface area contributed by atoms with Gasteiger partial charge < -0.3 is 20.5 Å². The van der Waals surface area contributed by atoms with Gasteiger partial charge in [-0.25, -0.2) is 9.59 Å². The molecule has 2 aromatic carbocycles. The second kappa shape index (κ2) is 11.6. The summed E-state index contributed by atoms with van der Waals surface area (Å²) in [6.07, 6.45) is -0.247. The molecule has 0 aliphatic heterocycles. The van der Waals surface area contributed by atoms with E-state index in [1.165, 1.54) is 0 Å². The third-order valence-corrected chi connectivity index (χ3v) is 4.57. The Hall–Kier alpha value is -3.35. The van der Waals surface area contributed by atoms with Crippen molar-refractivity contribution in [2.75, 3.05) is 5.73 Å². The Morgan fingerprint density at radius 1 is 1.03 bits per heavy atom.